The van der Waals surface area contributed by atoms with Gasteiger partial charge in [0.05, 0.1) is 17.5 Å². The first-order chi connectivity index (χ1) is 22.9. The third kappa shape index (κ3) is 11.9. The summed E-state index contributed by atoms with van der Waals surface area (Å²) >= 11 is 0. The maximum absolute atomic E-state index is 11.9. The summed E-state index contributed by atoms with van der Waals surface area (Å²) in [6.45, 7) is 15.2. The summed E-state index contributed by atoms with van der Waals surface area (Å²) in [5.74, 6) is 1.07. The number of ketones is 1. The van der Waals surface area contributed by atoms with Gasteiger partial charge in [0.2, 0.25) is 0 Å². The second-order valence-corrected chi connectivity index (χ2v) is 11.9. The van der Waals surface area contributed by atoms with Gasteiger partial charge in [0.25, 0.3) is 0 Å². The van der Waals surface area contributed by atoms with Crippen LogP contribution < -0.4 is 15.0 Å². The van der Waals surface area contributed by atoms with Gasteiger partial charge in [0.15, 0.2) is 5.78 Å². The van der Waals surface area contributed by atoms with Crippen molar-refractivity contribution in [2.75, 3.05) is 24.6 Å². The Morgan fingerprint density at radius 3 is 2.62 bits per heavy atom. The van der Waals surface area contributed by atoms with Crippen LogP contribution in [0.2, 0.25) is 0 Å². The molecule has 1 atom stereocenters. The second kappa shape index (κ2) is 20.4. The predicted molar refractivity (Wildman–Crippen MR) is 194 cm³/mol. The number of benzene rings is 2. The molecule has 0 aliphatic heterocycles. The second-order valence-electron chi connectivity index (χ2n) is 11.9. The van der Waals surface area contributed by atoms with Gasteiger partial charge in [-0.3, -0.25) is 4.79 Å². The van der Waals surface area contributed by atoms with Crippen LogP contribution in [-0.2, 0) is 24.1 Å². The minimum atomic E-state index is 0.0576. The molecule has 0 bridgehead atoms. The van der Waals surface area contributed by atoms with E-state index in [1.54, 1.807) is 6.08 Å². The number of ether oxygens (including phenoxy) is 1. The number of hydrogen-bond acceptors (Lipinski definition) is 7. The maximum Gasteiger partial charge on any atom is 0.318 e. The molecule has 3 aromatic rings. The van der Waals surface area contributed by atoms with Gasteiger partial charge in [-0.1, -0.05) is 81.6 Å². The highest BCUT2D eigenvalue weighted by Gasteiger charge is 2.21. The molecular weight excluding hydrogens is 582 g/mol. The lowest BCUT2D eigenvalue weighted by Crippen LogP contribution is -2.32. The molecule has 1 aromatic heterocycles. The third-order valence-corrected chi connectivity index (χ3v) is 8.10. The molecular formula is C40H51N5O2. The van der Waals surface area contributed by atoms with Gasteiger partial charge in [-0.15, -0.1) is 0 Å². The Morgan fingerprint density at radius 1 is 1.09 bits per heavy atom. The van der Waals surface area contributed by atoms with Crippen molar-refractivity contribution in [3.8, 4) is 12.1 Å². The number of anilines is 1. The average molecular weight is 634 g/mol. The molecule has 47 heavy (non-hydrogen) atoms. The zero-order chi connectivity index (χ0) is 33.9. The molecule has 248 valence electrons. The van der Waals surface area contributed by atoms with E-state index in [0.717, 1.165) is 67.7 Å². The van der Waals surface area contributed by atoms with E-state index >= 15 is 0 Å². The van der Waals surface area contributed by atoms with Crippen LogP contribution in [0.25, 0.3) is 10.8 Å². The van der Waals surface area contributed by atoms with E-state index in [4.69, 9.17) is 14.7 Å². The molecule has 0 amide bonds. The largest absolute Gasteiger partial charge is 0.457 e. The number of rotatable bonds is 22. The molecule has 0 spiro atoms. The number of nitrogens with zero attached hydrogens (tertiary/aromatic N) is 4. The average Bonchev–Trinajstić information content (AvgIpc) is 3.09. The summed E-state index contributed by atoms with van der Waals surface area (Å²) in [4.78, 5) is 24.1. The first-order valence-corrected chi connectivity index (χ1v) is 16.9. The van der Waals surface area contributed by atoms with Gasteiger partial charge in [-0.05, 0) is 92.5 Å². The molecule has 3 rings (SSSR count). The topological polar surface area (TPSA) is 91.1 Å². The first-order valence-electron chi connectivity index (χ1n) is 16.9. The molecule has 0 aliphatic rings. The van der Waals surface area contributed by atoms with Crippen LogP contribution in [0, 0.1) is 17.2 Å². The molecule has 0 saturated heterocycles. The molecule has 1 heterocycles. The number of carbonyl (C=O) groups excluding carboxylic acids is 1. The summed E-state index contributed by atoms with van der Waals surface area (Å²) < 4.78 is 6.19. The quantitative estimate of drug-likeness (QED) is 0.0673. The van der Waals surface area contributed by atoms with Crippen LogP contribution >= 0.6 is 0 Å². The lowest BCUT2D eigenvalue weighted by atomic mass is 9.98. The van der Waals surface area contributed by atoms with E-state index < -0.39 is 0 Å². The highest BCUT2D eigenvalue weighted by molar-refractivity contribution is 5.89. The molecule has 0 aliphatic carbocycles. The smallest absolute Gasteiger partial charge is 0.318 e. The number of aromatic nitrogens is 2. The fourth-order valence-corrected chi connectivity index (χ4v) is 5.69. The van der Waals surface area contributed by atoms with Crippen molar-refractivity contribution in [3.05, 3.63) is 109 Å². The number of carbonyl (C=O) groups is 1. The molecule has 2 aromatic carbocycles. The normalized spacial score (nSPS) is 12.1. The van der Waals surface area contributed by atoms with E-state index in [9.17, 15) is 10.1 Å². The third-order valence-electron chi connectivity index (χ3n) is 8.10. The molecule has 7 nitrogen and oxygen atoms in total. The van der Waals surface area contributed by atoms with E-state index in [-0.39, 0.29) is 18.3 Å². The molecule has 1 N–H and O–H groups in total. The summed E-state index contributed by atoms with van der Waals surface area (Å²) in [6.07, 6.45) is 15.9. The van der Waals surface area contributed by atoms with Gasteiger partial charge in [0, 0.05) is 31.5 Å². The zero-order valence-electron chi connectivity index (χ0n) is 28.5. The van der Waals surface area contributed by atoms with Crippen LogP contribution in [-0.4, -0.2) is 35.4 Å². The number of unbranched alkanes of at least 4 members (excludes halogenated alkanes) is 2. The lowest BCUT2D eigenvalue weighted by Gasteiger charge is -2.29. The lowest BCUT2D eigenvalue weighted by molar-refractivity contribution is -0.114. The monoisotopic (exact) mass is 633 g/mol. The fourth-order valence-electron chi connectivity index (χ4n) is 5.69. The van der Waals surface area contributed by atoms with Gasteiger partial charge < -0.3 is 15.0 Å². The van der Waals surface area contributed by atoms with Crippen LogP contribution in [0.15, 0.2) is 91.8 Å². The number of aryl methyl sites for hydroxylation is 2. The predicted octanol–water partition coefficient (Wildman–Crippen LogP) is 8.61. The highest BCUT2D eigenvalue weighted by Crippen LogP contribution is 2.29. The maximum atomic E-state index is 11.9. The van der Waals surface area contributed by atoms with Gasteiger partial charge in [-0.25, -0.2) is 0 Å². The number of nitrogens with one attached hydrogen (secondary N) is 1. The van der Waals surface area contributed by atoms with E-state index in [0.29, 0.717) is 31.9 Å². The Kier molecular flexibility index (Phi) is 16.0. The molecule has 0 radical (unpaired) electrons. The minimum absolute atomic E-state index is 0.0576. The Balaban J connectivity index is 1.92. The minimum Gasteiger partial charge on any atom is -0.457 e. The Morgan fingerprint density at radius 2 is 1.87 bits per heavy atom. The first kappa shape index (κ1) is 36.8. The van der Waals surface area contributed by atoms with Crippen molar-refractivity contribution in [2.24, 2.45) is 5.92 Å². The number of hydrogen-bond donors (Lipinski definition) is 1. The van der Waals surface area contributed by atoms with Crippen molar-refractivity contribution in [2.45, 2.75) is 78.6 Å². The standard InChI is InChI=1S/C40H51N5O2/c1-6-17-34(42-27-7-2)30-47-40-43-38(9-4)37(24-13-11-19-33-21-16-20-32-18-10-12-23-36(32)33)39(44-40)45(29-31(5)25-26-41)28-15-14-22-35(46)8-3/h6-8,10,12,16-18,20-21,23,27,31,42H,1,3,9,11,13-15,19,22,24-25,28-30H2,2,4-5H3/b27-7-,34-17-/t31-/m0/s1. The van der Waals surface area contributed by atoms with Crippen molar-refractivity contribution in [1.82, 2.24) is 15.3 Å². The summed E-state index contributed by atoms with van der Waals surface area (Å²) in [5.41, 5.74) is 4.32. The molecule has 0 unspecified atom stereocenters. The molecule has 0 fully saturated rings. The van der Waals surface area contributed by atoms with Crippen molar-refractivity contribution in [3.63, 3.8) is 0 Å². The van der Waals surface area contributed by atoms with Crippen LogP contribution in [0.4, 0.5) is 5.82 Å². The van der Waals surface area contributed by atoms with Gasteiger partial charge in [-0.2, -0.15) is 15.2 Å². The van der Waals surface area contributed by atoms with E-state index in [2.05, 4.69) is 85.8 Å². The van der Waals surface area contributed by atoms with Crippen molar-refractivity contribution in [1.29, 1.82) is 5.26 Å². The van der Waals surface area contributed by atoms with Crippen LogP contribution in [0.1, 0.15) is 76.1 Å². The zero-order valence-corrected chi connectivity index (χ0v) is 28.5. The number of allylic oxidation sites excluding steroid dienone is 4. The van der Waals surface area contributed by atoms with Gasteiger partial charge >= 0.3 is 6.01 Å². The summed E-state index contributed by atoms with van der Waals surface area (Å²) in [6, 6.07) is 17.8. The Hall–Kier alpha value is -4.70. The number of fused-ring (bicyclic) bond motifs is 1. The molecule has 0 saturated carbocycles. The Bertz CT molecular complexity index is 1560. The summed E-state index contributed by atoms with van der Waals surface area (Å²) in [5, 5.41) is 15.3. The fraction of sp³-hybridized carbons (Fsp3) is 0.400. The van der Waals surface area contributed by atoms with Gasteiger partial charge in [0.1, 0.15) is 12.4 Å². The summed E-state index contributed by atoms with van der Waals surface area (Å²) in [7, 11) is 0. The van der Waals surface area contributed by atoms with Crippen molar-refractivity contribution >= 4 is 22.4 Å². The van der Waals surface area contributed by atoms with Crippen molar-refractivity contribution < 1.29 is 9.53 Å². The van der Waals surface area contributed by atoms with E-state index in [1.165, 1.54) is 22.4 Å². The van der Waals surface area contributed by atoms with Crippen LogP contribution in [0.3, 0.4) is 0 Å². The van der Waals surface area contributed by atoms with Crippen LogP contribution in [0.5, 0.6) is 6.01 Å². The van der Waals surface area contributed by atoms with E-state index in [1.807, 2.05) is 25.3 Å². The highest BCUT2D eigenvalue weighted by atomic mass is 16.5. The number of nitriles is 1. The SMILES string of the molecule is C=C/C=C(/COc1nc(CC)c(CCCCc2cccc3ccccc23)c(N(CCCCC(=O)C=C)C[C@@H](C)CC#N)n1)N/C=C\C. The Labute approximate surface area is 281 Å². The molecule has 7 heteroatoms.